The van der Waals surface area contributed by atoms with Crippen molar-refractivity contribution in [3.05, 3.63) is 61.0 Å². The number of halogens is 4. The monoisotopic (exact) mass is 421 g/mol. The zero-order chi connectivity index (χ0) is 14.0. The fraction of sp³-hybridized carbons (Fsp3) is 0. The molecule has 2 nitrogen and oxygen atoms in total. The van der Waals surface area contributed by atoms with Crippen LogP contribution in [0.1, 0.15) is 10.4 Å². The van der Waals surface area contributed by atoms with Crippen molar-refractivity contribution >= 4 is 66.7 Å². The van der Waals surface area contributed by atoms with Crippen LogP contribution < -0.4 is 5.32 Å². The number of carbonyl (C=O) groups is 1. The molecule has 0 aliphatic rings. The van der Waals surface area contributed by atoms with Crippen LogP contribution in [0.2, 0.25) is 10.0 Å². The zero-order valence-electron chi connectivity index (χ0n) is 9.38. The number of anilines is 1. The van der Waals surface area contributed by atoms with Crippen molar-refractivity contribution in [2.45, 2.75) is 0 Å². The first-order chi connectivity index (χ1) is 8.97. The van der Waals surface area contributed by atoms with Crippen LogP contribution in [-0.2, 0) is 0 Å². The molecule has 0 aliphatic carbocycles. The topological polar surface area (TPSA) is 29.1 Å². The lowest BCUT2D eigenvalue weighted by Crippen LogP contribution is -2.12. The third-order valence-corrected chi connectivity index (χ3v) is 4.46. The number of hydrogen-bond donors (Lipinski definition) is 1. The van der Waals surface area contributed by atoms with Gasteiger partial charge in [0.25, 0.3) is 5.91 Å². The van der Waals surface area contributed by atoms with E-state index in [-0.39, 0.29) is 5.91 Å². The molecule has 1 amide bonds. The Morgan fingerprint density at radius 3 is 2.37 bits per heavy atom. The molecule has 0 aliphatic heterocycles. The summed E-state index contributed by atoms with van der Waals surface area (Å²) >= 11 is 18.4. The molecular weight excluding hydrogens is 417 g/mol. The molecule has 2 aromatic carbocycles. The van der Waals surface area contributed by atoms with Gasteiger partial charge in [0.1, 0.15) is 0 Å². The van der Waals surface area contributed by atoms with Gasteiger partial charge >= 0.3 is 0 Å². The molecule has 6 heteroatoms. The lowest BCUT2D eigenvalue weighted by atomic mass is 10.2. The smallest absolute Gasteiger partial charge is 0.256 e. The summed E-state index contributed by atoms with van der Waals surface area (Å²) in [6, 6.07) is 10.2. The number of amides is 1. The van der Waals surface area contributed by atoms with Gasteiger partial charge in [-0.1, -0.05) is 23.2 Å². The maximum atomic E-state index is 12.1. The highest BCUT2D eigenvalue weighted by atomic mass is 79.9. The highest BCUT2D eigenvalue weighted by Gasteiger charge is 2.11. The van der Waals surface area contributed by atoms with Crippen molar-refractivity contribution < 1.29 is 4.79 Å². The van der Waals surface area contributed by atoms with E-state index in [1.54, 1.807) is 36.4 Å². The van der Waals surface area contributed by atoms with Gasteiger partial charge in [0, 0.05) is 19.7 Å². The predicted molar refractivity (Wildman–Crippen MR) is 86.3 cm³/mol. The fourth-order valence-electron chi connectivity index (χ4n) is 1.45. The molecular formula is C13H7Br2Cl2NO. The summed E-state index contributed by atoms with van der Waals surface area (Å²) < 4.78 is 1.37. The summed E-state index contributed by atoms with van der Waals surface area (Å²) in [6.07, 6.45) is 0. The van der Waals surface area contributed by atoms with Crippen molar-refractivity contribution in [1.82, 2.24) is 0 Å². The lowest BCUT2D eigenvalue weighted by Gasteiger charge is -2.08. The van der Waals surface area contributed by atoms with Crippen LogP contribution in [0.4, 0.5) is 5.69 Å². The molecule has 0 atom stereocenters. The van der Waals surface area contributed by atoms with E-state index in [1.807, 2.05) is 0 Å². The van der Waals surface area contributed by atoms with Gasteiger partial charge in [-0.05, 0) is 68.3 Å². The average molecular weight is 424 g/mol. The standard InChI is InChI=1S/C13H7Br2Cl2NO/c14-10-5-7(16)1-3-9(10)13(19)18-8-2-4-12(17)11(15)6-8/h1-6H,(H,18,19). The van der Waals surface area contributed by atoms with Gasteiger partial charge in [-0.25, -0.2) is 0 Å². The van der Waals surface area contributed by atoms with Crippen molar-refractivity contribution in [3.63, 3.8) is 0 Å². The molecule has 0 heterocycles. The largest absolute Gasteiger partial charge is 0.322 e. The van der Waals surface area contributed by atoms with Gasteiger partial charge in [-0.3, -0.25) is 4.79 Å². The second-order valence-corrected chi connectivity index (χ2v) is 6.26. The quantitative estimate of drug-likeness (QED) is 0.652. The van der Waals surface area contributed by atoms with Crippen LogP contribution in [0, 0.1) is 0 Å². The zero-order valence-corrected chi connectivity index (χ0v) is 14.1. The van der Waals surface area contributed by atoms with Crippen LogP contribution in [0.15, 0.2) is 45.3 Å². The van der Waals surface area contributed by atoms with E-state index in [2.05, 4.69) is 37.2 Å². The second kappa shape index (κ2) is 6.27. The highest BCUT2D eigenvalue weighted by Crippen LogP contribution is 2.27. The molecule has 1 N–H and O–H groups in total. The van der Waals surface area contributed by atoms with Crippen LogP contribution in [0.25, 0.3) is 0 Å². The van der Waals surface area contributed by atoms with E-state index >= 15 is 0 Å². The van der Waals surface area contributed by atoms with E-state index in [9.17, 15) is 4.79 Å². The average Bonchev–Trinajstić information content (AvgIpc) is 2.33. The van der Waals surface area contributed by atoms with E-state index in [0.29, 0.717) is 25.8 Å². The number of hydrogen-bond acceptors (Lipinski definition) is 1. The third-order valence-electron chi connectivity index (χ3n) is 2.35. The maximum Gasteiger partial charge on any atom is 0.256 e. The van der Waals surface area contributed by atoms with Crippen molar-refractivity contribution in [2.24, 2.45) is 0 Å². The maximum absolute atomic E-state index is 12.1. The molecule has 0 spiro atoms. The van der Waals surface area contributed by atoms with Crippen LogP contribution >= 0.6 is 55.1 Å². The van der Waals surface area contributed by atoms with Crippen molar-refractivity contribution in [2.75, 3.05) is 5.32 Å². The Labute approximate surface area is 137 Å². The van der Waals surface area contributed by atoms with Crippen LogP contribution in [0.5, 0.6) is 0 Å². The molecule has 0 saturated carbocycles. The van der Waals surface area contributed by atoms with Gasteiger partial charge in [-0.2, -0.15) is 0 Å². The Balaban J connectivity index is 2.23. The number of benzene rings is 2. The normalized spacial score (nSPS) is 10.3. The molecule has 0 radical (unpaired) electrons. The fourth-order valence-corrected chi connectivity index (χ4v) is 2.81. The number of nitrogens with one attached hydrogen (secondary N) is 1. The summed E-state index contributed by atoms with van der Waals surface area (Å²) in [5, 5.41) is 3.94. The first kappa shape index (κ1) is 14.9. The summed E-state index contributed by atoms with van der Waals surface area (Å²) in [5.74, 6) is -0.224. The Kier molecular flexibility index (Phi) is 4.90. The summed E-state index contributed by atoms with van der Waals surface area (Å²) in [5.41, 5.74) is 1.17. The van der Waals surface area contributed by atoms with Crippen LogP contribution in [0.3, 0.4) is 0 Å². The van der Waals surface area contributed by atoms with E-state index in [0.717, 1.165) is 4.47 Å². The minimum atomic E-state index is -0.224. The molecule has 19 heavy (non-hydrogen) atoms. The van der Waals surface area contributed by atoms with E-state index in [4.69, 9.17) is 23.2 Å². The second-order valence-electron chi connectivity index (χ2n) is 3.71. The number of carbonyl (C=O) groups excluding carboxylic acids is 1. The lowest BCUT2D eigenvalue weighted by molar-refractivity contribution is 0.102. The van der Waals surface area contributed by atoms with Gasteiger partial charge < -0.3 is 5.32 Å². The van der Waals surface area contributed by atoms with Gasteiger partial charge in [0.05, 0.1) is 10.6 Å². The Morgan fingerprint density at radius 2 is 1.74 bits per heavy atom. The minimum absolute atomic E-state index is 0.224. The SMILES string of the molecule is O=C(Nc1ccc(Cl)c(Br)c1)c1ccc(Cl)cc1Br. The molecule has 2 rings (SSSR count). The first-order valence-electron chi connectivity index (χ1n) is 5.19. The Hall–Kier alpha value is -0.550. The summed E-state index contributed by atoms with van der Waals surface area (Å²) in [7, 11) is 0. The number of rotatable bonds is 2. The Bertz CT molecular complexity index is 647. The van der Waals surface area contributed by atoms with Crippen molar-refractivity contribution in [1.29, 1.82) is 0 Å². The molecule has 0 aromatic heterocycles. The summed E-state index contributed by atoms with van der Waals surface area (Å²) in [6.45, 7) is 0. The first-order valence-corrected chi connectivity index (χ1v) is 7.53. The van der Waals surface area contributed by atoms with Gasteiger partial charge in [0.2, 0.25) is 0 Å². The molecule has 0 bridgehead atoms. The van der Waals surface area contributed by atoms with E-state index < -0.39 is 0 Å². The van der Waals surface area contributed by atoms with Crippen molar-refractivity contribution in [3.8, 4) is 0 Å². The molecule has 0 unspecified atom stereocenters. The molecule has 0 saturated heterocycles. The predicted octanol–water partition coefficient (Wildman–Crippen LogP) is 5.77. The molecule has 2 aromatic rings. The van der Waals surface area contributed by atoms with Crippen LogP contribution in [-0.4, -0.2) is 5.91 Å². The minimum Gasteiger partial charge on any atom is -0.322 e. The third kappa shape index (κ3) is 3.72. The van der Waals surface area contributed by atoms with Gasteiger partial charge in [0.15, 0.2) is 0 Å². The highest BCUT2D eigenvalue weighted by molar-refractivity contribution is 9.10. The molecule has 0 fully saturated rings. The Morgan fingerprint density at radius 1 is 1.00 bits per heavy atom. The molecule has 98 valence electrons. The van der Waals surface area contributed by atoms with Gasteiger partial charge in [-0.15, -0.1) is 0 Å². The van der Waals surface area contributed by atoms with E-state index in [1.165, 1.54) is 0 Å². The summed E-state index contributed by atoms with van der Waals surface area (Å²) in [4.78, 5) is 12.1.